The molecule has 1 N–H and O–H groups in total. The van der Waals surface area contributed by atoms with Gasteiger partial charge in [0.25, 0.3) is 0 Å². The fourth-order valence-corrected chi connectivity index (χ4v) is 5.54. The number of amides is 1. The lowest BCUT2D eigenvalue weighted by Gasteiger charge is -2.48. The van der Waals surface area contributed by atoms with E-state index in [0.29, 0.717) is 16.9 Å². The second kappa shape index (κ2) is 11.1. The van der Waals surface area contributed by atoms with Crippen molar-refractivity contribution in [3.05, 3.63) is 41.0 Å². The predicted octanol–water partition coefficient (Wildman–Crippen LogP) is 4.99. The average Bonchev–Trinajstić information content (AvgIpc) is 2.84. The molecular weight excluding hydrogens is 456 g/mol. The molecule has 0 spiro atoms. The van der Waals surface area contributed by atoms with Crippen molar-refractivity contribution in [3.8, 4) is 11.5 Å². The summed E-state index contributed by atoms with van der Waals surface area (Å²) in [6.45, 7) is 10.8. The second-order valence-electron chi connectivity index (χ2n) is 11.0. The highest BCUT2D eigenvalue weighted by Crippen LogP contribution is 2.49. The van der Waals surface area contributed by atoms with E-state index in [0.717, 1.165) is 70.3 Å². The van der Waals surface area contributed by atoms with E-state index >= 15 is 0 Å². The number of phenolic OH excluding ortho intramolecular Hbond substituents is 1. The van der Waals surface area contributed by atoms with Gasteiger partial charge in [0.2, 0.25) is 5.91 Å². The van der Waals surface area contributed by atoms with Gasteiger partial charge in [0.05, 0.1) is 11.6 Å². The van der Waals surface area contributed by atoms with Crippen LogP contribution in [0.3, 0.4) is 0 Å². The zero-order chi connectivity index (χ0) is 25.9. The van der Waals surface area contributed by atoms with E-state index in [-0.39, 0.29) is 17.7 Å². The molecule has 2 saturated heterocycles. The summed E-state index contributed by atoms with van der Waals surface area (Å²) in [5.41, 5.74) is 1.24. The van der Waals surface area contributed by atoms with Crippen molar-refractivity contribution < 1.29 is 24.2 Å². The van der Waals surface area contributed by atoms with Gasteiger partial charge < -0.3 is 19.5 Å². The van der Waals surface area contributed by atoms with E-state index in [1.54, 1.807) is 18.2 Å². The smallest absolute Gasteiger partial charge is 0.331 e. The molecule has 1 amide bonds. The Morgan fingerprint density at radius 1 is 1.03 bits per heavy atom. The Morgan fingerprint density at radius 3 is 2.31 bits per heavy atom. The Balaban J connectivity index is 1.71. The highest BCUT2D eigenvalue weighted by Gasteiger charge is 2.50. The standard InChI is InChI=1S/C29H40N2O5/c1-20(2)19-24(33)35-28-26(31-17-9-6-10-18-31)25-22(36-29(28,3)4)13-11-21(27(25)34)12-14-23(32)30-15-7-5-8-16-30/h11-14,19,26,28,34H,5-10,15-18H2,1-4H3/b14-12+. The molecule has 0 aliphatic carbocycles. The molecule has 0 saturated carbocycles. The molecule has 2 fully saturated rings. The summed E-state index contributed by atoms with van der Waals surface area (Å²) < 4.78 is 12.4. The number of benzene rings is 1. The largest absolute Gasteiger partial charge is 0.507 e. The highest BCUT2D eigenvalue weighted by molar-refractivity contribution is 5.92. The van der Waals surface area contributed by atoms with Crippen LogP contribution < -0.4 is 4.74 Å². The molecule has 0 aromatic heterocycles. The van der Waals surface area contributed by atoms with Gasteiger partial charge in [-0.2, -0.15) is 0 Å². The second-order valence-corrected chi connectivity index (χ2v) is 11.0. The monoisotopic (exact) mass is 496 g/mol. The molecule has 3 aliphatic heterocycles. The van der Waals surface area contributed by atoms with Crippen molar-refractivity contribution in [1.82, 2.24) is 9.80 Å². The van der Waals surface area contributed by atoms with E-state index in [1.807, 2.05) is 38.7 Å². The number of hydrogen-bond donors (Lipinski definition) is 1. The lowest BCUT2D eigenvalue weighted by molar-refractivity contribution is -0.167. The maximum absolute atomic E-state index is 12.7. The number of hydrogen-bond acceptors (Lipinski definition) is 6. The van der Waals surface area contributed by atoms with Crippen LogP contribution in [0.2, 0.25) is 0 Å². The van der Waals surface area contributed by atoms with Gasteiger partial charge in [-0.15, -0.1) is 0 Å². The Hall–Kier alpha value is -2.80. The summed E-state index contributed by atoms with van der Waals surface area (Å²) in [6, 6.07) is 3.28. The van der Waals surface area contributed by atoms with Crippen LogP contribution in [0, 0.1) is 0 Å². The number of phenols is 1. The molecule has 4 rings (SSSR count). The lowest BCUT2D eigenvalue weighted by Crippen LogP contribution is -2.56. The van der Waals surface area contributed by atoms with Gasteiger partial charge in [0, 0.05) is 30.8 Å². The first kappa shape index (κ1) is 26.3. The minimum atomic E-state index is -0.797. The summed E-state index contributed by atoms with van der Waals surface area (Å²) in [5.74, 6) is 0.210. The zero-order valence-electron chi connectivity index (χ0n) is 22.1. The number of nitrogens with zero attached hydrogens (tertiary/aromatic N) is 2. The van der Waals surface area contributed by atoms with Crippen molar-refractivity contribution in [2.45, 2.75) is 84.0 Å². The molecule has 3 heterocycles. The molecule has 1 aromatic rings. The van der Waals surface area contributed by atoms with Crippen LogP contribution in [0.5, 0.6) is 11.5 Å². The van der Waals surface area contributed by atoms with Crippen LogP contribution in [0.15, 0.2) is 29.9 Å². The Kier molecular flexibility index (Phi) is 8.08. The number of carbonyl (C=O) groups is 2. The number of aromatic hydroxyl groups is 1. The molecular formula is C29H40N2O5. The topological polar surface area (TPSA) is 79.3 Å². The molecule has 0 radical (unpaired) electrons. The minimum absolute atomic E-state index is 0.0367. The van der Waals surface area contributed by atoms with Crippen LogP contribution in [0.25, 0.3) is 6.08 Å². The van der Waals surface area contributed by atoms with Gasteiger partial charge in [0.15, 0.2) is 6.10 Å². The Bertz CT molecular complexity index is 1030. The van der Waals surface area contributed by atoms with Gasteiger partial charge in [-0.3, -0.25) is 9.69 Å². The number of piperidine rings is 2. The Labute approximate surface area is 214 Å². The molecule has 36 heavy (non-hydrogen) atoms. The number of carbonyl (C=O) groups excluding carboxylic acids is 2. The van der Waals surface area contributed by atoms with E-state index in [9.17, 15) is 14.7 Å². The third-order valence-electron chi connectivity index (χ3n) is 7.36. The number of fused-ring (bicyclic) bond motifs is 1. The summed E-state index contributed by atoms with van der Waals surface area (Å²) in [4.78, 5) is 29.6. The van der Waals surface area contributed by atoms with E-state index < -0.39 is 17.7 Å². The minimum Gasteiger partial charge on any atom is -0.507 e. The van der Waals surface area contributed by atoms with E-state index in [4.69, 9.17) is 9.47 Å². The van der Waals surface area contributed by atoms with Crippen LogP contribution in [0.4, 0.5) is 0 Å². The van der Waals surface area contributed by atoms with Gasteiger partial charge in [-0.1, -0.05) is 12.0 Å². The first-order chi connectivity index (χ1) is 17.2. The maximum Gasteiger partial charge on any atom is 0.331 e. The predicted molar refractivity (Wildman–Crippen MR) is 140 cm³/mol. The van der Waals surface area contributed by atoms with Gasteiger partial charge in [0.1, 0.15) is 17.1 Å². The number of ether oxygens (including phenoxy) is 2. The number of rotatable bonds is 5. The van der Waals surface area contributed by atoms with Crippen molar-refractivity contribution in [1.29, 1.82) is 0 Å². The molecule has 196 valence electrons. The first-order valence-corrected chi connectivity index (χ1v) is 13.3. The summed E-state index contributed by atoms with van der Waals surface area (Å²) in [5, 5.41) is 11.5. The number of allylic oxidation sites excluding steroid dienone is 1. The van der Waals surface area contributed by atoms with Crippen LogP contribution in [-0.4, -0.2) is 64.7 Å². The van der Waals surface area contributed by atoms with Crippen molar-refractivity contribution in [3.63, 3.8) is 0 Å². The molecule has 3 aliphatic rings. The van der Waals surface area contributed by atoms with E-state index in [2.05, 4.69) is 4.90 Å². The normalized spacial score (nSPS) is 24.1. The van der Waals surface area contributed by atoms with Gasteiger partial charge in [-0.05, 0) is 91.1 Å². The maximum atomic E-state index is 12.7. The van der Waals surface area contributed by atoms with Crippen LogP contribution in [0.1, 0.15) is 83.4 Å². The first-order valence-electron chi connectivity index (χ1n) is 13.3. The van der Waals surface area contributed by atoms with Crippen LogP contribution in [-0.2, 0) is 14.3 Å². The fourth-order valence-electron chi connectivity index (χ4n) is 5.54. The average molecular weight is 497 g/mol. The lowest BCUT2D eigenvalue weighted by atomic mass is 9.83. The van der Waals surface area contributed by atoms with Gasteiger partial charge >= 0.3 is 5.97 Å². The molecule has 2 atom stereocenters. The summed E-state index contributed by atoms with van der Waals surface area (Å²) in [6.07, 6.45) is 10.6. The molecule has 7 heteroatoms. The van der Waals surface area contributed by atoms with Crippen molar-refractivity contribution >= 4 is 18.0 Å². The third kappa shape index (κ3) is 5.77. The third-order valence-corrected chi connectivity index (χ3v) is 7.36. The number of likely N-dealkylation sites (tertiary alicyclic amines) is 2. The van der Waals surface area contributed by atoms with Gasteiger partial charge in [-0.25, -0.2) is 4.79 Å². The van der Waals surface area contributed by atoms with E-state index in [1.165, 1.54) is 6.08 Å². The Morgan fingerprint density at radius 2 is 1.67 bits per heavy atom. The highest BCUT2D eigenvalue weighted by atomic mass is 16.6. The van der Waals surface area contributed by atoms with Crippen molar-refractivity contribution in [2.75, 3.05) is 26.2 Å². The SMILES string of the molecule is CC(C)=CC(=O)OC1C(N2CCCCC2)c2c(ccc(/C=C/C(=O)N3CCCCC3)c2O)OC1(C)C. The number of esters is 1. The molecule has 0 bridgehead atoms. The summed E-state index contributed by atoms with van der Waals surface area (Å²) in [7, 11) is 0. The van der Waals surface area contributed by atoms with Crippen LogP contribution >= 0.6 is 0 Å². The zero-order valence-corrected chi connectivity index (χ0v) is 22.1. The summed E-state index contributed by atoms with van der Waals surface area (Å²) >= 11 is 0. The molecule has 2 unspecified atom stereocenters. The molecule has 7 nitrogen and oxygen atoms in total. The fraction of sp³-hybridized carbons (Fsp3) is 0.586. The quantitative estimate of drug-likeness (QED) is 0.457. The van der Waals surface area contributed by atoms with Crippen molar-refractivity contribution in [2.24, 2.45) is 0 Å². The molecule has 1 aromatic carbocycles.